The van der Waals surface area contributed by atoms with Gasteiger partial charge < -0.3 is 14.8 Å². The van der Waals surface area contributed by atoms with Crippen LogP contribution < -0.4 is 10.1 Å². The first-order valence-corrected chi connectivity index (χ1v) is 8.51. The Kier molecular flexibility index (Phi) is 5.80. The van der Waals surface area contributed by atoms with Crippen molar-refractivity contribution in [2.75, 3.05) is 13.6 Å². The summed E-state index contributed by atoms with van der Waals surface area (Å²) in [6.07, 6.45) is 2.72. The third-order valence-electron chi connectivity index (χ3n) is 4.06. The number of nitrogens with zero attached hydrogens (tertiary/aromatic N) is 2. The maximum Gasteiger partial charge on any atom is 0.293 e. The number of pyridine rings is 1. The van der Waals surface area contributed by atoms with Gasteiger partial charge in [-0.3, -0.25) is 14.9 Å². The van der Waals surface area contributed by atoms with E-state index in [2.05, 4.69) is 27.4 Å². The van der Waals surface area contributed by atoms with Gasteiger partial charge in [-0.05, 0) is 57.3 Å². The van der Waals surface area contributed by atoms with Gasteiger partial charge >= 0.3 is 0 Å². The van der Waals surface area contributed by atoms with Crippen molar-refractivity contribution < 1.29 is 14.3 Å². The van der Waals surface area contributed by atoms with E-state index in [0.29, 0.717) is 12.2 Å². The van der Waals surface area contributed by atoms with Crippen LogP contribution in [-0.4, -0.2) is 41.3 Å². The maximum atomic E-state index is 10.4. The molecule has 1 unspecified atom stereocenters. The summed E-state index contributed by atoms with van der Waals surface area (Å²) >= 11 is 0. The molecule has 0 amide bonds. The van der Waals surface area contributed by atoms with Crippen molar-refractivity contribution in [1.29, 1.82) is 0 Å². The van der Waals surface area contributed by atoms with Crippen molar-refractivity contribution in [3.63, 3.8) is 0 Å². The second-order valence-electron chi connectivity index (χ2n) is 6.04. The zero-order valence-electron chi connectivity index (χ0n) is 14.9. The zero-order valence-corrected chi connectivity index (χ0v) is 14.9. The summed E-state index contributed by atoms with van der Waals surface area (Å²) < 4.78 is 10.8. The van der Waals surface area contributed by atoms with Crippen molar-refractivity contribution in [2.45, 2.75) is 26.1 Å². The molecule has 2 heterocycles. The molecule has 7 heteroatoms. The molecule has 1 atom stereocenters. The normalized spacial score (nSPS) is 12.1. The van der Waals surface area contributed by atoms with Crippen molar-refractivity contribution in [2.24, 2.45) is 0 Å². The highest BCUT2D eigenvalue weighted by Gasteiger charge is 2.12. The predicted octanol–water partition coefficient (Wildman–Crippen LogP) is 2.67. The van der Waals surface area contributed by atoms with Gasteiger partial charge in [-0.15, -0.1) is 0 Å². The molecular weight excluding hydrogens is 332 g/mol. The lowest BCUT2D eigenvalue weighted by molar-refractivity contribution is -0.129. The summed E-state index contributed by atoms with van der Waals surface area (Å²) in [5, 5.41) is 11.6. The first-order valence-electron chi connectivity index (χ1n) is 8.51. The summed E-state index contributed by atoms with van der Waals surface area (Å²) in [5.74, 6) is 0.808. The minimum absolute atomic E-state index is 0.114. The summed E-state index contributed by atoms with van der Waals surface area (Å²) in [5.41, 5.74) is 3.30. The number of carbonyl (C=O) groups is 1. The number of fused-ring (bicyclic) bond motifs is 1. The number of nitrogens with one attached hydrogen (secondary N) is 2. The van der Waals surface area contributed by atoms with E-state index in [1.807, 2.05) is 37.4 Å². The SMILES string of the molecule is CNCCC(C)Oc1ccc2[nH]nc(-c3ccnc(COC=O)c3)c2c1. The van der Waals surface area contributed by atoms with Crippen LogP contribution in [0.15, 0.2) is 36.5 Å². The van der Waals surface area contributed by atoms with Crippen LogP contribution in [0.2, 0.25) is 0 Å². The monoisotopic (exact) mass is 354 g/mol. The summed E-state index contributed by atoms with van der Waals surface area (Å²) in [6.45, 7) is 3.51. The average molecular weight is 354 g/mol. The van der Waals surface area contributed by atoms with Gasteiger partial charge in [0.05, 0.1) is 17.3 Å². The predicted molar refractivity (Wildman–Crippen MR) is 98.8 cm³/mol. The van der Waals surface area contributed by atoms with E-state index in [-0.39, 0.29) is 12.7 Å². The zero-order chi connectivity index (χ0) is 18.4. The molecule has 136 valence electrons. The number of hydrogen-bond acceptors (Lipinski definition) is 6. The maximum absolute atomic E-state index is 10.4. The second kappa shape index (κ2) is 8.44. The van der Waals surface area contributed by atoms with Crippen LogP contribution in [0.25, 0.3) is 22.2 Å². The summed E-state index contributed by atoms with van der Waals surface area (Å²) in [4.78, 5) is 14.6. The van der Waals surface area contributed by atoms with Gasteiger partial charge in [0.1, 0.15) is 18.1 Å². The molecule has 3 aromatic rings. The van der Waals surface area contributed by atoms with Crippen molar-refractivity contribution in [3.05, 3.63) is 42.2 Å². The molecule has 0 bridgehead atoms. The molecule has 3 rings (SSSR count). The molecule has 0 radical (unpaired) electrons. The molecule has 0 fully saturated rings. The summed E-state index contributed by atoms with van der Waals surface area (Å²) in [6, 6.07) is 9.64. The minimum atomic E-state index is 0.114. The highest BCUT2D eigenvalue weighted by molar-refractivity contribution is 5.93. The van der Waals surface area contributed by atoms with Gasteiger partial charge in [-0.25, -0.2) is 0 Å². The molecule has 0 saturated carbocycles. The van der Waals surface area contributed by atoms with Crippen LogP contribution in [0.3, 0.4) is 0 Å². The fraction of sp³-hybridized carbons (Fsp3) is 0.316. The highest BCUT2D eigenvalue weighted by atomic mass is 16.5. The number of aromatic nitrogens is 3. The Balaban J connectivity index is 1.87. The number of benzene rings is 1. The summed E-state index contributed by atoms with van der Waals surface area (Å²) in [7, 11) is 1.93. The Morgan fingerprint density at radius 2 is 2.19 bits per heavy atom. The first kappa shape index (κ1) is 17.9. The third-order valence-corrected chi connectivity index (χ3v) is 4.06. The lowest BCUT2D eigenvalue weighted by Gasteiger charge is -2.14. The Morgan fingerprint density at radius 1 is 1.31 bits per heavy atom. The molecule has 7 nitrogen and oxygen atoms in total. The highest BCUT2D eigenvalue weighted by Crippen LogP contribution is 2.30. The van der Waals surface area contributed by atoms with E-state index in [4.69, 9.17) is 9.47 Å². The fourth-order valence-electron chi connectivity index (χ4n) is 2.75. The Labute approximate surface area is 151 Å². The molecule has 2 aromatic heterocycles. The minimum Gasteiger partial charge on any atom is -0.491 e. The van der Waals surface area contributed by atoms with E-state index >= 15 is 0 Å². The van der Waals surface area contributed by atoms with Crippen LogP contribution in [-0.2, 0) is 16.1 Å². The molecule has 26 heavy (non-hydrogen) atoms. The number of H-pyrrole nitrogens is 1. The van der Waals surface area contributed by atoms with Crippen LogP contribution in [0.4, 0.5) is 0 Å². The third kappa shape index (κ3) is 4.18. The molecule has 0 aliphatic rings. The van der Waals surface area contributed by atoms with E-state index < -0.39 is 0 Å². The number of ether oxygens (including phenoxy) is 2. The van der Waals surface area contributed by atoms with Crippen molar-refractivity contribution >= 4 is 17.4 Å². The van der Waals surface area contributed by atoms with Crippen LogP contribution in [0.1, 0.15) is 19.0 Å². The first-order chi connectivity index (χ1) is 12.7. The number of carbonyl (C=O) groups excluding carboxylic acids is 1. The Hall–Kier alpha value is -2.93. The van der Waals surface area contributed by atoms with Gasteiger partial charge in [0.15, 0.2) is 0 Å². The molecule has 0 spiro atoms. The molecule has 0 saturated heterocycles. The van der Waals surface area contributed by atoms with E-state index in [0.717, 1.165) is 40.9 Å². The molecule has 0 aliphatic heterocycles. The Bertz CT molecular complexity index is 878. The molecule has 2 N–H and O–H groups in total. The average Bonchev–Trinajstić information content (AvgIpc) is 3.08. The number of rotatable bonds is 9. The fourth-order valence-corrected chi connectivity index (χ4v) is 2.75. The van der Waals surface area contributed by atoms with E-state index in [1.165, 1.54) is 0 Å². The lowest BCUT2D eigenvalue weighted by Crippen LogP contribution is -2.19. The lowest BCUT2D eigenvalue weighted by atomic mass is 10.1. The Morgan fingerprint density at radius 3 is 3.00 bits per heavy atom. The van der Waals surface area contributed by atoms with Crippen LogP contribution in [0.5, 0.6) is 5.75 Å². The van der Waals surface area contributed by atoms with E-state index in [9.17, 15) is 4.79 Å². The molecule has 0 aliphatic carbocycles. The van der Waals surface area contributed by atoms with Crippen LogP contribution >= 0.6 is 0 Å². The molecular formula is C19H22N4O3. The van der Waals surface area contributed by atoms with Gasteiger partial charge in [-0.1, -0.05) is 0 Å². The topological polar surface area (TPSA) is 89.1 Å². The van der Waals surface area contributed by atoms with Gasteiger partial charge in [0.25, 0.3) is 6.47 Å². The largest absolute Gasteiger partial charge is 0.491 e. The van der Waals surface area contributed by atoms with Gasteiger partial charge in [0, 0.05) is 17.1 Å². The number of hydrogen-bond donors (Lipinski definition) is 2. The molecule has 1 aromatic carbocycles. The second-order valence-corrected chi connectivity index (χ2v) is 6.04. The van der Waals surface area contributed by atoms with Gasteiger partial charge in [-0.2, -0.15) is 5.10 Å². The van der Waals surface area contributed by atoms with Crippen molar-refractivity contribution in [1.82, 2.24) is 20.5 Å². The standard InChI is InChI=1S/C19H22N4O3/c1-13(5-7-20-2)26-16-3-4-18-17(10-16)19(23-22-18)14-6-8-21-15(9-14)11-25-12-24/h3-4,6,8-10,12-13,20H,5,7,11H2,1-2H3,(H,22,23). The number of aromatic amines is 1. The van der Waals surface area contributed by atoms with Crippen molar-refractivity contribution in [3.8, 4) is 17.0 Å². The van der Waals surface area contributed by atoms with Crippen LogP contribution in [0, 0.1) is 0 Å². The van der Waals surface area contributed by atoms with Gasteiger partial charge in [0.2, 0.25) is 0 Å². The van der Waals surface area contributed by atoms with E-state index in [1.54, 1.807) is 6.20 Å². The quantitative estimate of drug-likeness (QED) is 0.574. The smallest absolute Gasteiger partial charge is 0.293 e.